The number of hydrogen-bond acceptors (Lipinski definition) is 10. The average Bonchev–Trinajstić information content (AvgIpc) is 3.56. The molecule has 2 amide bonds. The number of likely N-dealkylation sites (tertiary alicyclic amines) is 2. The minimum absolute atomic E-state index is 0.0216. The summed E-state index contributed by atoms with van der Waals surface area (Å²) >= 11 is 2.75. The highest BCUT2D eigenvalue weighted by Crippen LogP contribution is 2.41. The van der Waals surface area contributed by atoms with Gasteiger partial charge in [0, 0.05) is 31.6 Å². The van der Waals surface area contributed by atoms with Crippen molar-refractivity contribution in [3.8, 4) is 9.88 Å². The molecule has 162 valence electrons. The van der Waals surface area contributed by atoms with Crippen molar-refractivity contribution >= 4 is 34.7 Å². The quantitative estimate of drug-likeness (QED) is 0.569. The van der Waals surface area contributed by atoms with Crippen molar-refractivity contribution in [3.05, 3.63) is 23.1 Å². The smallest absolute Gasteiger partial charge is 0.273 e. The first-order valence-corrected chi connectivity index (χ1v) is 11.7. The van der Waals surface area contributed by atoms with Gasteiger partial charge in [-0.15, -0.1) is 21.5 Å². The molecule has 2 aliphatic heterocycles. The lowest BCUT2D eigenvalue weighted by atomic mass is 9.78. The fraction of sp³-hybridized carbons (Fsp3) is 0.556. The normalized spacial score (nSPS) is 18.1. The summed E-state index contributed by atoms with van der Waals surface area (Å²) in [4.78, 5) is 34.8. The maximum absolute atomic E-state index is 13.0. The summed E-state index contributed by atoms with van der Waals surface area (Å²) in [5.74, 6) is 0.00243. The van der Waals surface area contributed by atoms with E-state index in [-0.39, 0.29) is 23.8 Å². The Labute approximate surface area is 186 Å². The molecule has 0 aliphatic carbocycles. The van der Waals surface area contributed by atoms with Crippen LogP contribution in [0.1, 0.15) is 35.4 Å². The number of rotatable bonds is 4. The Bertz CT molecular complexity index is 1090. The molecular formula is C18H21N9O2S2. The molecule has 11 nitrogen and oxygen atoms in total. The molecule has 0 bridgehead atoms. The fourth-order valence-corrected chi connectivity index (χ4v) is 5.88. The molecule has 5 heterocycles. The van der Waals surface area contributed by atoms with Crippen LogP contribution in [-0.4, -0.2) is 82.6 Å². The molecule has 0 aromatic carbocycles. The first-order valence-electron chi connectivity index (χ1n) is 10.1. The minimum atomic E-state index is -0.0216. The Hall–Kier alpha value is -2.80. The Morgan fingerprint density at radius 3 is 2.61 bits per heavy atom. The molecule has 0 N–H and O–H groups in total. The second kappa shape index (κ2) is 8.04. The van der Waals surface area contributed by atoms with Gasteiger partial charge in [-0.3, -0.25) is 9.59 Å². The second-order valence-corrected chi connectivity index (χ2v) is 9.70. The van der Waals surface area contributed by atoms with Gasteiger partial charge in [0.15, 0.2) is 0 Å². The van der Waals surface area contributed by atoms with E-state index in [1.54, 1.807) is 0 Å². The molecule has 3 aromatic heterocycles. The summed E-state index contributed by atoms with van der Waals surface area (Å²) in [5, 5.41) is 17.5. The van der Waals surface area contributed by atoms with Crippen LogP contribution < -0.4 is 0 Å². The van der Waals surface area contributed by atoms with Gasteiger partial charge in [-0.25, -0.2) is 9.67 Å². The third-order valence-corrected chi connectivity index (χ3v) is 7.98. The molecule has 13 heteroatoms. The van der Waals surface area contributed by atoms with Gasteiger partial charge in [-0.2, -0.15) is 0 Å². The maximum Gasteiger partial charge on any atom is 0.273 e. The molecular weight excluding hydrogens is 438 g/mol. The minimum Gasteiger partial charge on any atom is -0.341 e. The van der Waals surface area contributed by atoms with Gasteiger partial charge in [0.1, 0.15) is 28.5 Å². The zero-order valence-corrected chi connectivity index (χ0v) is 18.6. The summed E-state index contributed by atoms with van der Waals surface area (Å²) in [7, 11) is 0. The number of aromatic nitrogens is 7. The van der Waals surface area contributed by atoms with Crippen molar-refractivity contribution in [2.24, 2.45) is 5.41 Å². The van der Waals surface area contributed by atoms with Gasteiger partial charge < -0.3 is 9.80 Å². The lowest BCUT2D eigenvalue weighted by Crippen LogP contribution is -2.45. The highest BCUT2D eigenvalue weighted by Gasteiger charge is 2.43. The molecule has 3 aromatic rings. The third kappa shape index (κ3) is 3.94. The standard InChI is InChI=1S/C18H21N9O2S2/c1-12-15(31-24-21-12)16-20-13(9-30-16)17(29)26-7-4-18(10-26)2-5-25(6-3-18)14(28)8-27-11-19-22-23-27/h9,11H,2-8,10H2,1H3. The zero-order valence-electron chi connectivity index (χ0n) is 17.0. The van der Waals surface area contributed by atoms with Crippen molar-refractivity contribution in [2.45, 2.75) is 32.7 Å². The SMILES string of the molecule is Cc1nnsc1-c1nc(C(=O)N2CCC3(CCN(C(=O)Cn4cnnn4)CC3)C2)cs1. The Balaban J connectivity index is 1.19. The fourth-order valence-electron chi connectivity index (χ4n) is 4.30. The lowest BCUT2D eigenvalue weighted by Gasteiger charge is -2.39. The topological polar surface area (TPSA) is 123 Å². The van der Waals surface area contributed by atoms with E-state index in [0.29, 0.717) is 18.8 Å². The summed E-state index contributed by atoms with van der Waals surface area (Å²) in [6.07, 6.45) is 4.20. The highest BCUT2D eigenvalue weighted by molar-refractivity contribution is 7.18. The van der Waals surface area contributed by atoms with Crippen molar-refractivity contribution in [1.82, 2.24) is 44.6 Å². The third-order valence-electron chi connectivity index (χ3n) is 6.16. The van der Waals surface area contributed by atoms with E-state index in [9.17, 15) is 9.59 Å². The van der Waals surface area contributed by atoms with Crippen LogP contribution in [0, 0.1) is 12.3 Å². The Morgan fingerprint density at radius 1 is 1.16 bits per heavy atom. The number of aryl methyl sites for hydroxylation is 1. The number of nitrogens with zero attached hydrogens (tertiary/aromatic N) is 9. The first kappa shape index (κ1) is 20.1. The average molecular weight is 460 g/mol. The number of thiazole rings is 1. The van der Waals surface area contributed by atoms with Gasteiger partial charge >= 0.3 is 0 Å². The van der Waals surface area contributed by atoms with Crippen LogP contribution in [0.3, 0.4) is 0 Å². The summed E-state index contributed by atoms with van der Waals surface area (Å²) in [6.45, 7) is 4.89. The largest absolute Gasteiger partial charge is 0.341 e. The maximum atomic E-state index is 13.0. The van der Waals surface area contributed by atoms with Gasteiger partial charge in [0.2, 0.25) is 5.91 Å². The van der Waals surface area contributed by atoms with E-state index in [0.717, 1.165) is 47.9 Å². The number of amides is 2. The van der Waals surface area contributed by atoms with Crippen LogP contribution in [-0.2, 0) is 11.3 Å². The van der Waals surface area contributed by atoms with Gasteiger partial charge in [0.25, 0.3) is 5.91 Å². The molecule has 2 aliphatic rings. The molecule has 2 saturated heterocycles. The molecule has 1 spiro atoms. The van der Waals surface area contributed by atoms with Crippen LogP contribution in [0.5, 0.6) is 0 Å². The number of carbonyl (C=O) groups excluding carboxylic acids is 2. The van der Waals surface area contributed by atoms with Gasteiger partial charge in [-0.05, 0) is 53.6 Å². The lowest BCUT2D eigenvalue weighted by molar-refractivity contribution is -0.134. The number of carbonyl (C=O) groups is 2. The summed E-state index contributed by atoms with van der Waals surface area (Å²) < 4.78 is 5.39. The molecule has 0 saturated carbocycles. The van der Waals surface area contributed by atoms with Crippen LogP contribution >= 0.6 is 22.9 Å². The number of hydrogen-bond donors (Lipinski definition) is 0. The van der Waals surface area contributed by atoms with Crippen molar-refractivity contribution in [1.29, 1.82) is 0 Å². The van der Waals surface area contributed by atoms with E-state index >= 15 is 0 Å². The Morgan fingerprint density at radius 2 is 1.94 bits per heavy atom. The molecule has 2 fully saturated rings. The molecule has 0 unspecified atom stereocenters. The van der Waals surface area contributed by atoms with Gasteiger partial charge in [0.05, 0.1) is 5.69 Å². The molecule has 0 radical (unpaired) electrons. The van der Waals surface area contributed by atoms with E-state index < -0.39 is 0 Å². The summed E-state index contributed by atoms with van der Waals surface area (Å²) in [6, 6.07) is 0. The van der Waals surface area contributed by atoms with Crippen molar-refractivity contribution in [3.63, 3.8) is 0 Å². The van der Waals surface area contributed by atoms with Crippen molar-refractivity contribution in [2.75, 3.05) is 26.2 Å². The molecule has 5 rings (SSSR count). The summed E-state index contributed by atoms with van der Waals surface area (Å²) in [5.41, 5.74) is 1.40. The van der Waals surface area contributed by atoms with E-state index in [2.05, 4.69) is 30.1 Å². The molecule has 0 atom stereocenters. The van der Waals surface area contributed by atoms with E-state index in [1.165, 1.54) is 33.9 Å². The molecule has 31 heavy (non-hydrogen) atoms. The van der Waals surface area contributed by atoms with Crippen LogP contribution in [0.4, 0.5) is 0 Å². The number of piperidine rings is 1. The van der Waals surface area contributed by atoms with Crippen LogP contribution in [0.2, 0.25) is 0 Å². The van der Waals surface area contributed by atoms with E-state index in [1.807, 2.05) is 22.1 Å². The predicted octanol–water partition coefficient (Wildman–Crippen LogP) is 1.11. The predicted molar refractivity (Wildman–Crippen MR) is 112 cm³/mol. The Kier molecular flexibility index (Phi) is 5.22. The van der Waals surface area contributed by atoms with Gasteiger partial charge in [-0.1, -0.05) is 4.49 Å². The van der Waals surface area contributed by atoms with Crippen LogP contribution in [0.25, 0.3) is 9.88 Å². The van der Waals surface area contributed by atoms with Crippen molar-refractivity contribution < 1.29 is 9.59 Å². The second-order valence-electron chi connectivity index (χ2n) is 8.09. The monoisotopic (exact) mass is 459 g/mol. The highest BCUT2D eigenvalue weighted by atomic mass is 32.1. The van der Waals surface area contributed by atoms with Crippen LogP contribution in [0.15, 0.2) is 11.7 Å². The first-order chi connectivity index (χ1) is 15.0. The van der Waals surface area contributed by atoms with E-state index in [4.69, 9.17) is 0 Å². The zero-order chi connectivity index (χ0) is 21.4. The number of tetrazole rings is 1.